The zero-order valence-corrected chi connectivity index (χ0v) is 7.30. The van der Waals surface area contributed by atoms with Crippen molar-refractivity contribution in [1.82, 2.24) is 5.32 Å². The molecule has 2 nitrogen and oxygen atoms in total. The summed E-state index contributed by atoms with van der Waals surface area (Å²) in [6.45, 7) is 4.91. The third-order valence-corrected chi connectivity index (χ3v) is 1.53. The van der Waals surface area contributed by atoms with Gasteiger partial charge in [0.05, 0.1) is 0 Å². The Morgan fingerprint density at radius 1 is 1.46 bits per heavy atom. The molecule has 0 aliphatic rings. The Morgan fingerprint density at radius 2 is 2.08 bits per heavy atom. The Kier molecular flexibility index (Phi) is 2.80. The topological polar surface area (TPSA) is 29.1 Å². The number of halogens is 1. The van der Waals surface area contributed by atoms with Crippen molar-refractivity contribution in [2.24, 2.45) is 0 Å². The monoisotopic (exact) mass is 179 g/mol. The number of rotatable bonds is 2. The third-order valence-electron chi connectivity index (χ3n) is 1.53. The minimum Gasteiger partial charge on any atom is -0.326 e. The molecule has 13 heavy (non-hydrogen) atoms. The molecular formula is C10H10FNO. The van der Waals surface area contributed by atoms with Crippen molar-refractivity contribution in [3.05, 3.63) is 42.2 Å². The van der Waals surface area contributed by atoms with Gasteiger partial charge < -0.3 is 5.32 Å². The molecule has 0 spiro atoms. The van der Waals surface area contributed by atoms with Crippen LogP contribution >= 0.6 is 0 Å². The van der Waals surface area contributed by atoms with E-state index in [1.54, 1.807) is 18.2 Å². The number of amides is 1. The molecule has 0 aliphatic heterocycles. The molecule has 0 fully saturated rings. The van der Waals surface area contributed by atoms with E-state index >= 15 is 0 Å². The lowest BCUT2D eigenvalue weighted by atomic mass is 10.1. The minimum absolute atomic E-state index is 0.256. The molecular weight excluding hydrogens is 169 g/mol. The Labute approximate surface area is 76.1 Å². The fraction of sp³-hybridized carbons (Fsp3) is 0.100. The Morgan fingerprint density at radius 3 is 2.62 bits per heavy atom. The lowest BCUT2D eigenvalue weighted by molar-refractivity contribution is -0.117. The molecule has 1 aromatic carbocycles. The van der Waals surface area contributed by atoms with E-state index in [9.17, 15) is 9.18 Å². The van der Waals surface area contributed by atoms with Gasteiger partial charge in [-0.1, -0.05) is 18.7 Å². The first-order valence-corrected chi connectivity index (χ1v) is 3.82. The van der Waals surface area contributed by atoms with Gasteiger partial charge in [-0.05, 0) is 12.1 Å². The first-order chi connectivity index (χ1) is 6.11. The maximum absolute atomic E-state index is 13.1. The van der Waals surface area contributed by atoms with E-state index in [1.165, 1.54) is 13.0 Å². The summed E-state index contributed by atoms with van der Waals surface area (Å²) in [6, 6.07) is 6.15. The second-order valence-corrected chi connectivity index (χ2v) is 2.64. The van der Waals surface area contributed by atoms with E-state index in [0.29, 0.717) is 5.56 Å². The SMILES string of the molecule is C=C(NC(C)=O)c1ccccc1F. The van der Waals surface area contributed by atoms with Gasteiger partial charge in [-0.15, -0.1) is 0 Å². The molecule has 0 saturated carbocycles. The second-order valence-electron chi connectivity index (χ2n) is 2.64. The summed E-state index contributed by atoms with van der Waals surface area (Å²) in [6.07, 6.45) is 0. The van der Waals surface area contributed by atoms with Crippen LogP contribution < -0.4 is 5.32 Å². The average Bonchev–Trinajstić information content (AvgIpc) is 2.03. The number of carbonyl (C=O) groups excluding carboxylic acids is 1. The largest absolute Gasteiger partial charge is 0.326 e. The van der Waals surface area contributed by atoms with Crippen LogP contribution in [0.1, 0.15) is 12.5 Å². The van der Waals surface area contributed by atoms with Crippen molar-refractivity contribution in [3.8, 4) is 0 Å². The molecule has 0 radical (unpaired) electrons. The fourth-order valence-corrected chi connectivity index (χ4v) is 0.986. The molecule has 0 saturated heterocycles. The summed E-state index contributed by atoms with van der Waals surface area (Å²) in [7, 11) is 0. The normalized spacial score (nSPS) is 9.38. The van der Waals surface area contributed by atoms with Crippen molar-refractivity contribution in [2.75, 3.05) is 0 Å². The number of hydrogen-bond acceptors (Lipinski definition) is 1. The number of hydrogen-bond donors (Lipinski definition) is 1. The van der Waals surface area contributed by atoms with Crippen LogP contribution in [0, 0.1) is 5.82 Å². The molecule has 0 aliphatic carbocycles. The predicted octanol–water partition coefficient (Wildman–Crippen LogP) is 1.93. The van der Waals surface area contributed by atoms with Crippen molar-refractivity contribution in [1.29, 1.82) is 0 Å². The number of nitrogens with one attached hydrogen (secondary N) is 1. The maximum Gasteiger partial charge on any atom is 0.221 e. The summed E-state index contributed by atoms with van der Waals surface area (Å²) in [5, 5.41) is 2.43. The predicted molar refractivity (Wildman–Crippen MR) is 49.3 cm³/mol. The van der Waals surface area contributed by atoms with Gasteiger partial charge in [0.25, 0.3) is 0 Å². The van der Waals surface area contributed by atoms with Crippen molar-refractivity contribution in [2.45, 2.75) is 6.92 Å². The van der Waals surface area contributed by atoms with Gasteiger partial charge in [0, 0.05) is 18.2 Å². The molecule has 1 N–H and O–H groups in total. The maximum atomic E-state index is 13.1. The van der Waals surface area contributed by atoms with E-state index in [1.807, 2.05) is 0 Å². The van der Waals surface area contributed by atoms with E-state index < -0.39 is 0 Å². The zero-order chi connectivity index (χ0) is 9.84. The zero-order valence-electron chi connectivity index (χ0n) is 7.30. The molecule has 0 atom stereocenters. The van der Waals surface area contributed by atoms with Crippen molar-refractivity contribution < 1.29 is 9.18 Å². The van der Waals surface area contributed by atoms with Gasteiger partial charge in [-0.2, -0.15) is 0 Å². The first kappa shape index (κ1) is 9.45. The van der Waals surface area contributed by atoms with Crippen LogP contribution in [0.2, 0.25) is 0 Å². The molecule has 0 heterocycles. The Bertz CT molecular complexity index is 347. The first-order valence-electron chi connectivity index (χ1n) is 3.82. The number of carbonyl (C=O) groups is 1. The molecule has 0 aromatic heterocycles. The fourth-order valence-electron chi connectivity index (χ4n) is 0.986. The van der Waals surface area contributed by atoms with E-state index in [-0.39, 0.29) is 17.4 Å². The summed E-state index contributed by atoms with van der Waals surface area (Å²) >= 11 is 0. The minimum atomic E-state index is -0.388. The Balaban J connectivity index is 2.89. The third kappa shape index (κ3) is 2.40. The average molecular weight is 179 g/mol. The molecule has 1 rings (SSSR count). The van der Waals surface area contributed by atoms with Crippen molar-refractivity contribution >= 4 is 11.6 Å². The van der Waals surface area contributed by atoms with Crippen LogP contribution in [0.3, 0.4) is 0 Å². The van der Waals surface area contributed by atoms with Gasteiger partial charge in [0.2, 0.25) is 5.91 Å². The quantitative estimate of drug-likeness (QED) is 0.738. The van der Waals surface area contributed by atoms with Crippen LogP contribution in [0.5, 0.6) is 0 Å². The molecule has 1 aromatic rings. The lowest BCUT2D eigenvalue weighted by Crippen LogP contribution is -2.17. The van der Waals surface area contributed by atoms with Crippen LogP contribution in [-0.2, 0) is 4.79 Å². The molecule has 3 heteroatoms. The van der Waals surface area contributed by atoms with Crippen molar-refractivity contribution in [3.63, 3.8) is 0 Å². The van der Waals surface area contributed by atoms with Crippen LogP contribution in [-0.4, -0.2) is 5.91 Å². The van der Waals surface area contributed by atoms with E-state index in [4.69, 9.17) is 0 Å². The molecule has 1 amide bonds. The van der Waals surface area contributed by atoms with Gasteiger partial charge in [-0.3, -0.25) is 4.79 Å². The van der Waals surface area contributed by atoms with Gasteiger partial charge in [0.1, 0.15) is 5.82 Å². The van der Waals surface area contributed by atoms with E-state index in [0.717, 1.165) is 0 Å². The number of benzene rings is 1. The van der Waals surface area contributed by atoms with Crippen LogP contribution in [0.4, 0.5) is 4.39 Å². The van der Waals surface area contributed by atoms with E-state index in [2.05, 4.69) is 11.9 Å². The highest BCUT2D eigenvalue weighted by Crippen LogP contribution is 2.13. The highest BCUT2D eigenvalue weighted by Gasteiger charge is 2.04. The standard InChI is InChI=1S/C10H10FNO/c1-7(12-8(2)13)9-5-3-4-6-10(9)11/h3-6H,1H2,2H3,(H,12,13). The second kappa shape index (κ2) is 3.85. The highest BCUT2D eigenvalue weighted by molar-refractivity contribution is 5.84. The van der Waals surface area contributed by atoms with Crippen LogP contribution in [0.25, 0.3) is 5.70 Å². The molecule has 0 unspecified atom stereocenters. The highest BCUT2D eigenvalue weighted by atomic mass is 19.1. The van der Waals surface area contributed by atoms with Gasteiger partial charge in [0.15, 0.2) is 0 Å². The summed E-state index contributed by atoms with van der Waals surface area (Å²) in [5.41, 5.74) is 0.600. The molecule has 68 valence electrons. The summed E-state index contributed by atoms with van der Waals surface area (Å²) < 4.78 is 13.1. The van der Waals surface area contributed by atoms with Gasteiger partial charge in [-0.25, -0.2) is 4.39 Å². The van der Waals surface area contributed by atoms with Crippen LogP contribution in [0.15, 0.2) is 30.8 Å². The van der Waals surface area contributed by atoms with Gasteiger partial charge >= 0.3 is 0 Å². The summed E-state index contributed by atoms with van der Waals surface area (Å²) in [4.78, 5) is 10.6. The lowest BCUT2D eigenvalue weighted by Gasteiger charge is -2.06. The smallest absolute Gasteiger partial charge is 0.221 e. The summed E-state index contributed by atoms with van der Waals surface area (Å²) in [5.74, 6) is -0.644. The Hall–Kier alpha value is -1.64. The molecule has 0 bridgehead atoms.